The number of pyridine rings is 1. The van der Waals surface area contributed by atoms with Gasteiger partial charge in [-0.1, -0.05) is 30.1 Å². The SMILES string of the molecule is CCC1CCC(N)(c2noc(-c3ccncc3Cl)n2)CC1. The summed E-state index contributed by atoms with van der Waals surface area (Å²) in [7, 11) is 0. The Hall–Kier alpha value is -1.46. The summed E-state index contributed by atoms with van der Waals surface area (Å²) in [6.07, 6.45) is 8.45. The van der Waals surface area contributed by atoms with E-state index in [1.165, 1.54) is 6.42 Å². The quantitative estimate of drug-likeness (QED) is 0.938. The van der Waals surface area contributed by atoms with E-state index in [1.807, 2.05) is 0 Å². The second-order valence-electron chi connectivity index (χ2n) is 5.79. The Kier molecular flexibility index (Phi) is 3.95. The molecule has 0 spiro atoms. The summed E-state index contributed by atoms with van der Waals surface area (Å²) in [6, 6.07) is 1.76. The largest absolute Gasteiger partial charge is 0.334 e. The van der Waals surface area contributed by atoms with Gasteiger partial charge in [-0.3, -0.25) is 4.98 Å². The van der Waals surface area contributed by atoms with E-state index in [0.29, 0.717) is 22.3 Å². The lowest BCUT2D eigenvalue weighted by Crippen LogP contribution is -2.41. The summed E-state index contributed by atoms with van der Waals surface area (Å²) >= 11 is 6.10. The van der Waals surface area contributed by atoms with E-state index in [0.717, 1.165) is 31.6 Å². The second kappa shape index (κ2) is 5.73. The third-order valence-electron chi connectivity index (χ3n) is 4.45. The molecule has 0 aromatic carbocycles. The van der Waals surface area contributed by atoms with Gasteiger partial charge >= 0.3 is 0 Å². The number of nitrogens with two attached hydrogens (primary N) is 1. The van der Waals surface area contributed by atoms with Crippen LogP contribution in [0.3, 0.4) is 0 Å². The fraction of sp³-hybridized carbons (Fsp3) is 0.533. The van der Waals surface area contributed by atoms with Gasteiger partial charge in [-0.2, -0.15) is 4.98 Å². The van der Waals surface area contributed by atoms with Crippen molar-refractivity contribution in [2.24, 2.45) is 11.7 Å². The predicted molar refractivity (Wildman–Crippen MR) is 80.7 cm³/mol. The van der Waals surface area contributed by atoms with E-state index in [4.69, 9.17) is 21.9 Å². The van der Waals surface area contributed by atoms with Gasteiger partial charge in [0.05, 0.1) is 16.1 Å². The van der Waals surface area contributed by atoms with Gasteiger partial charge in [0.15, 0.2) is 5.82 Å². The molecule has 0 saturated heterocycles. The van der Waals surface area contributed by atoms with Crippen molar-refractivity contribution in [2.45, 2.75) is 44.6 Å². The molecule has 2 aromatic rings. The minimum atomic E-state index is -0.479. The molecule has 1 fully saturated rings. The normalized spacial score (nSPS) is 26.0. The number of hydrogen-bond acceptors (Lipinski definition) is 5. The van der Waals surface area contributed by atoms with Crippen molar-refractivity contribution >= 4 is 11.6 Å². The van der Waals surface area contributed by atoms with E-state index in [-0.39, 0.29) is 0 Å². The molecule has 21 heavy (non-hydrogen) atoms. The third kappa shape index (κ3) is 2.80. The van der Waals surface area contributed by atoms with Crippen LogP contribution in [0.1, 0.15) is 44.9 Å². The average molecular weight is 307 g/mol. The predicted octanol–water partition coefficient (Wildman–Crippen LogP) is 3.54. The molecule has 0 unspecified atom stereocenters. The second-order valence-corrected chi connectivity index (χ2v) is 6.19. The van der Waals surface area contributed by atoms with Crippen molar-refractivity contribution in [3.05, 3.63) is 29.3 Å². The molecule has 6 heteroatoms. The molecular weight excluding hydrogens is 288 g/mol. The molecule has 112 valence electrons. The maximum absolute atomic E-state index is 6.50. The van der Waals surface area contributed by atoms with Gasteiger partial charge in [0, 0.05) is 12.4 Å². The Morgan fingerprint density at radius 2 is 2.19 bits per heavy atom. The lowest BCUT2D eigenvalue weighted by Gasteiger charge is -2.34. The van der Waals surface area contributed by atoms with E-state index >= 15 is 0 Å². The molecule has 0 atom stereocenters. The Bertz CT molecular complexity index is 620. The molecule has 0 radical (unpaired) electrons. The molecule has 0 amide bonds. The summed E-state index contributed by atoms with van der Waals surface area (Å²) in [6.45, 7) is 2.23. The first-order valence-corrected chi connectivity index (χ1v) is 7.73. The van der Waals surface area contributed by atoms with E-state index < -0.39 is 5.54 Å². The molecule has 1 aliphatic carbocycles. The summed E-state index contributed by atoms with van der Waals surface area (Å²) in [5.74, 6) is 1.75. The van der Waals surface area contributed by atoms with Crippen LogP contribution < -0.4 is 5.73 Å². The van der Waals surface area contributed by atoms with Gasteiger partial charge in [0.1, 0.15) is 0 Å². The first-order chi connectivity index (χ1) is 10.1. The van der Waals surface area contributed by atoms with E-state index in [2.05, 4.69) is 22.0 Å². The molecule has 1 aliphatic rings. The van der Waals surface area contributed by atoms with Crippen LogP contribution in [0.5, 0.6) is 0 Å². The number of halogens is 1. The lowest BCUT2D eigenvalue weighted by molar-refractivity contribution is 0.216. The van der Waals surface area contributed by atoms with Crippen LogP contribution in [-0.4, -0.2) is 15.1 Å². The summed E-state index contributed by atoms with van der Waals surface area (Å²) in [4.78, 5) is 8.42. The van der Waals surface area contributed by atoms with Gasteiger partial charge < -0.3 is 10.3 Å². The van der Waals surface area contributed by atoms with Crippen LogP contribution >= 0.6 is 11.6 Å². The maximum atomic E-state index is 6.50. The Labute approximate surface area is 128 Å². The van der Waals surface area contributed by atoms with Crippen LogP contribution in [0.15, 0.2) is 23.0 Å². The average Bonchev–Trinajstić information content (AvgIpc) is 2.99. The van der Waals surface area contributed by atoms with Crippen molar-refractivity contribution in [1.29, 1.82) is 0 Å². The minimum Gasteiger partial charge on any atom is -0.334 e. The number of nitrogens with zero attached hydrogens (tertiary/aromatic N) is 3. The number of aromatic nitrogens is 3. The molecule has 3 rings (SSSR count). The van der Waals surface area contributed by atoms with Crippen molar-refractivity contribution in [2.75, 3.05) is 0 Å². The highest BCUT2D eigenvalue weighted by molar-refractivity contribution is 6.32. The van der Waals surface area contributed by atoms with Crippen molar-refractivity contribution in [3.63, 3.8) is 0 Å². The first kappa shape index (κ1) is 14.5. The van der Waals surface area contributed by atoms with Crippen molar-refractivity contribution < 1.29 is 4.52 Å². The third-order valence-corrected chi connectivity index (χ3v) is 4.75. The highest BCUT2D eigenvalue weighted by Crippen LogP contribution is 2.38. The van der Waals surface area contributed by atoms with Crippen LogP contribution in [-0.2, 0) is 5.54 Å². The first-order valence-electron chi connectivity index (χ1n) is 7.35. The van der Waals surface area contributed by atoms with Crippen LogP contribution in [0, 0.1) is 5.92 Å². The van der Waals surface area contributed by atoms with Crippen molar-refractivity contribution in [1.82, 2.24) is 15.1 Å². The van der Waals surface area contributed by atoms with Gasteiger partial charge in [-0.25, -0.2) is 0 Å². The summed E-state index contributed by atoms with van der Waals surface area (Å²) in [5.41, 5.74) is 6.71. The van der Waals surface area contributed by atoms with E-state index in [1.54, 1.807) is 18.5 Å². The van der Waals surface area contributed by atoms with Gasteiger partial charge in [0.2, 0.25) is 0 Å². The zero-order chi connectivity index (χ0) is 14.9. The fourth-order valence-corrected chi connectivity index (χ4v) is 3.11. The van der Waals surface area contributed by atoms with Gasteiger partial charge in [-0.15, -0.1) is 0 Å². The Morgan fingerprint density at radius 3 is 2.86 bits per heavy atom. The van der Waals surface area contributed by atoms with Gasteiger partial charge in [0.25, 0.3) is 5.89 Å². The molecular formula is C15H19ClN4O. The summed E-state index contributed by atoms with van der Waals surface area (Å²) < 4.78 is 5.35. The molecule has 2 heterocycles. The standard InChI is InChI=1S/C15H19ClN4O/c1-2-10-3-6-15(17,7-4-10)14-19-13(21-20-14)11-5-8-18-9-12(11)16/h5,8-10H,2-4,6-7,17H2,1H3. The number of rotatable bonds is 3. The Balaban J connectivity index is 1.84. The molecule has 1 saturated carbocycles. The highest BCUT2D eigenvalue weighted by Gasteiger charge is 2.37. The number of hydrogen-bond donors (Lipinski definition) is 1. The molecule has 2 N–H and O–H groups in total. The zero-order valence-electron chi connectivity index (χ0n) is 12.1. The topological polar surface area (TPSA) is 77.8 Å². The molecule has 0 aliphatic heterocycles. The van der Waals surface area contributed by atoms with E-state index in [9.17, 15) is 0 Å². The molecule has 0 bridgehead atoms. The smallest absolute Gasteiger partial charge is 0.259 e. The zero-order valence-corrected chi connectivity index (χ0v) is 12.8. The van der Waals surface area contributed by atoms with Crippen LogP contribution in [0.4, 0.5) is 0 Å². The van der Waals surface area contributed by atoms with Crippen molar-refractivity contribution in [3.8, 4) is 11.5 Å². The minimum absolute atomic E-state index is 0.403. The lowest BCUT2D eigenvalue weighted by atomic mass is 9.76. The highest BCUT2D eigenvalue weighted by atomic mass is 35.5. The summed E-state index contributed by atoms with van der Waals surface area (Å²) in [5, 5.41) is 4.58. The fourth-order valence-electron chi connectivity index (χ4n) is 2.91. The monoisotopic (exact) mass is 306 g/mol. The molecule has 2 aromatic heterocycles. The van der Waals surface area contributed by atoms with Gasteiger partial charge in [-0.05, 0) is 37.7 Å². The molecule has 5 nitrogen and oxygen atoms in total. The Morgan fingerprint density at radius 1 is 1.43 bits per heavy atom. The maximum Gasteiger partial charge on any atom is 0.259 e. The van der Waals surface area contributed by atoms with Crippen LogP contribution in [0.25, 0.3) is 11.5 Å². The van der Waals surface area contributed by atoms with Crippen LogP contribution in [0.2, 0.25) is 5.02 Å².